The van der Waals surface area contributed by atoms with E-state index < -0.39 is 0 Å². The molecule has 3 heteroatoms. The van der Waals surface area contributed by atoms with Gasteiger partial charge in [-0.25, -0.2) is 0 Å². The van der Waals surface area contributed by atoms with Crippen LogP contribution in [0, 0.1) is 0 Å². The van der Waals surface area contributed by atoms with Crippen LogP contribution in [0.25, 0.3) is 11.1 Å². The molecule has 0 spiro atoms. The largest absolute Gasteiger partial charge is 0.384 e. The summed E-state index contributed by atoms with van der Waals surface area (Å²) >= 11 is 5.34. The van der Waals surface area contributed by atoms with E-state index in [-0.39, 0.29) is 0 Å². The lowest BCUT2D eigenvalue weighted by Crippen LogP contribution is -1.90. The Morgan fingerprint density at radius 3 is 2.93 bits per heavy atom. The molecule has 1 aromatic carbocycles. The predicted molar refractivity (Wildman–Crippen MR) is 69.6 cm³/mol. The van der Waals surface area contributed by atoms with E-state index in [1.54, 1.807) is 11.3 Å². The minimum absolute atomic E-state index is 1.06. The van der Waals surface area contributed by atoms with Crippen LogP contribution in [-0.4, -0.2) is 6.54 Å². The maximum Gasteiger partial charge on any atom is 0.0379 e. The molecule has 76 valence electrons. The Hall–Kier alpha value is -0.800. The monoisotopic (exact) mass is 279 g/mol. The zero-order valence-corrected chi connectivity index (χ0v) is 10.5. The van der Waals surface area contributed by atoms with Gasteiger partial charge in [-0.2, -0.15) is 11.3 Å². The Bertz CT molecular complexity index is 504. The van der Waals surface area contributed by atoms with Gasteiger partial charge in [-0.15, -0.1) is 0 Å². The maximum atomic E-state index is 3.60. The quantitative estimate of drug-likeness (QED) is 0.827. The van der Waals surface area contributed by atoms with E-state index in [1.807, 2.05) is 0 Å². The molecule has 1 aliphatic heterocycles. The number of hydrogen-bond acceptors (Lipinski definition) is 2. The molecule has 3 rings (SSSR count). The van der Waals surface area contributed by atoms with Crippen LogP contribution in [0.4, 0.5) is 5.69 Å². The fraction of sp³-hybridized carbons (Fsp3) is 0.167. The van der Waals surface area contributed by atoms with E-state index in [9.17, 15) is 0 Å². The van der Waals surface area contributed by atoms with E-state index in [0.29, 0.717) is 0 Å². The fourth-order valence-electron chi connectivity index (χ4n) is 2.07. The Kier molecular flexibility index (Phi) is 2.29. The summed E-state index contributed by atoms with van der Waals surface area (Å²) < 4.78 is 1.20. The molecule has 1 aromatic heterocycles. The molecule has 15 heavy (non-hydrogen) atoms. The highest BCUT2D eigenvalue weighted by Gasteiger charge is 2.16. The van der Waals surface area contributed by atoms with Crippen LogP contribution in [0.2, 0.25) is 0 Å². The average molecular weight is 280 g/mol. The third-order valence-electron chi connectivity index (χ3n) is 2.77. The molecule has 2 aromatic rings. The Morgan fingerprint density at radius 2 is 2.13 bits per heavy atom. The molecule has 0 saturated carbocycles. The van der Waals surface area contributed by atoms with Crippen molar-refractivity contribution < 1.29 is 0 Å². The van der Waals surface area contributed by atoms with E-state index in [4.69, 9.17) is 0 Å². The summed E-state index contributed by atoms with van der Waals surface area (Å²) in [4.78, 5) is 0. The molecule has 0 fully saturated rings. The summed E-state index contributed by atoms with van der Waals surface area (Å²) in [6, 6.07) is 6.49. The normalized spacial score (nSPS) is 13.7. The van der Waals surface area contributed by atoms with Gasteiger partial charge in [-0.1, -0.05) is 12.1 Å². The van der Waals surface area contributed by atoms with Crippen LogP contribution < -0.4 is 5.32 Å². The zero-order valence-electron chi connectivity index (χ0n) is 8.09. The second kappa shape index (κ2) is 3.65. The second-order valence-electron chi connectivity index (χ2n) is 3.64. The Morgan fingerprint density at radius 1 is 1.20 bits per heavy atom. The molecule has 2 heterocycles. The molecule has 0 aliphatic carbocycles. The molecule has 0 saturated heterocycles. The average Bonchev–Trinajstić information content (AvgIpc) is 2.85. The first-order chi connectivity index (χ1) is 7.36. The van der Waals surface area contributed by atoms with Gasteiger partial charge in [0.25, 0.3) is 0 Å². The summed E-state index contributed by atoms with van der Waals surface area (Å²) in [6.07, 6.45) is 1.13. The Labute approximate surface area is 101 Å². The Balaban J connectivity index is 2.21. The third kappa shape index (κ3) is 1.50. The highest BCUT2D eigenvalue weighted by Crippen LogP contribution is 2.38. The van der Waals surface area contributed by atoms with Gasteiger partial charge in [0.15, 0.2) is 0 Å². The van der Waals surface area contributed by atoms with E-state index >= 15 is 0 Å². The van der Waals surface area contributed by atoms with Crippen molar-refractivity contribution in [2.45, 2.75) is 6.42 Å². The minimum Gasteiger partial charge on any atom is -0.384 e. The van der Waals surface area contributed by atoms with Gasteiger partial charge < -0.3 is 5.32 Å². The summed E-state index contributed by atoms with van der Waals surface area (Å²) in [5, 5.41) is 7.75. The lowest BCUT2D eigenvalue weighted by Gasteiger charge is -2.06. The molecule has 1 nitrogen and oxygen atoms in total. The highest BCUT2D eigenvalue weighted by atomic mass is 79.9. The lowest BCUT2D eigenvalue weighted by molar-refractivity contribution is 1.11. The van der Waals surface area contributed by atoms with Gasteiger partial charge in [-0.05, 0) is 44.9 Å². The topological polar surface area (TPSA) is 12.0 Å². The van der Waals surface area contributed by atoms with Crippen molar-refractivity contribution >= 4 is 33.0 Å². The molecule has 0 unspecified atom stereocenters. The number of hydrogen-bond donors (Lipinski definition) is 1. The van der Waals surface area contributed by atoms with Crippen molar-refractivity contribution in [3.63, 3.8) is 0 Å². The third-order valence-corrected chi connectivity index (χ3v) is 4.47. The van der Waals surface area contributed by atoms with Gasteiger partial charge in [0.2, 0.25) is 0 Å². The van der Waals surface area contributed by atoms with Crippen LogP contribution >= 0.6 is 27.3 Å². The first-order valence-electron chi connectivity index (χ1n) is 4.94. The van der Waals surface area contributed by atoms with Crippen molar-refractivity contribution in [1.82, 2.24) is 0 Å². The first kappa shape index (κ1) is 9.43. The SMILES string of the molecule is Brc1cscc1-c1cccc2c1CCN2. The molecular weight excluding hydrogens is 270 g/mol. The molecule has 0 bridgehead atoms. The maximum absolute atomic E-state index is 3.60. The van der Waals surface area contributed by atoms with Crippen molar-refractivity contribution in [3.8, 4) is 11.1 Å². The van der Waals surface area contributed by atoms with Crippen LogP contribution in [0.1, 0.15) is 5.56 Å². The second-order valence-corrected chi connectivity index (χ2v) is 5.24. The lowest BCUT2D eigenvalue weighted by atomic mass is 10.0. The molecule has 1 N–H and O–H groups in total. The highest BCUT2D eigenvalue weighted by molar-refractivity contribution is 9.10. The summed E-state index contributed by atoms with van der Waals surface area (Å²) in [5.41, 5.74) is 5.44. The van der Waals surface area contributed by atoms with Gasteiger partial charge in [0.05, 0.1) is 0 Å². The predicted octanol–water partition coefficient (Wildman–Crippen LogP) is 4.15. The van der Waals surface area contributed by atoms with Gasteiger partial charge in [0.1, 0.15) is 0 Å². The molecule has 0 radical (unpaired) electrons. The number of nitrogens with one attached hydrogen (secondary N) is 1. The molecule has 0 atom stereocenters. The van der Waals surface area contributed by atoms with Gasteiger partial charge >= 0.3 is 0 Å². The number of fused-ring (bicyclic) bond motifs is 1. The summed E-state index contributed by atoms with van der Waals surface area (Å²) in [6.45, 7) is 1.06. The van der Waals surface area contributed by atoms with Crippen LogP contribution in [-0.2, 0) is 6.42 Å². The standard InChI is InChI=1S/C12H10BrNS/c13-11-7-15-6-10(11)8-2-1-3-12-9(8)4-5-14-12/h1-3,6-7,14H,4-5H2. The molecule has 1 aliphatic rings. The smallest absolute Gasteiger partial charge is 0.0379 e. The van der Waals surface area contributed by atoms with E-state index in [0.717, 1.165) is 13.0 Å². The van der Waals surface area contributed by atoms with Crippen LogP contribution in [0.3, 0.4) is 0 Å². The first-order valence-corrected chi connectivity index (χ1v) is 6.67. The summed E-state index contributed by atoms with van der Waals surface area (Å²) in [5.74, 6) is 0. The van der Waals surface area contributed by atoms with Crippen molar-refractivity contribution in [3.05, 3.63) is 39.0 Å². The molecular formula is C12H10BrNS. The summed E-state index contributed by atoms with van der Waals surface area (Å²) in [7, 11) is 0. The van der Waals surface area contributed by atoms with Gasteiger partial charge in [0, 0.05) is 27.6 Å². The number of thiophene rings is 1. The number of rotatable bonds is 1. The van der Waals surface area contributed by atoms with E-state index in [2.05, 4.69) is 50.2 Å². The number of anilines is 1. The number of halogens is 1. The van der Waals surface area contributed by atoms with E-state index in [1.165, 1.54) is 26.9 Å². The van der Waals surface area contributed by atoms with Crippen molar-refractivity contribution in [1.29, 1.82) is 0 Å². The van der Waals surface area contributed by atoms with Crippen LogP contribution in [0.15, 0.2) is 33.4 Å². The molecule has 0 amide bonds. The van der Waals surface area contributed by atoms with Crippen molar-refractivity contribution in [2.75, 3.05) is 11.9 Å². The minimum atomic E-state index is 1.06. The zero-order chi connectivity index (χ0) is 10.3. The number of benzene rings is 1. The van der Waals surface area contributed by atoms with Gasteiger partial charge in [-0.3, -0.25) is 0 Å². The van der Waals surface area contributed by atoms with Crippen molar-refractivity contribution in [2.24, 2.45) is 0 Å². The fourth-order valence-corrected chi connectivity index (χ4v) is 3.58. The van der Waals surface area contributed by atoms with Crippen LogP contribution in [0.5, 0.6) is 0 Å².